The number of hydrogen-bond acceptors (Lipinski definition) is 8. The number of fused-ring (bicyclic) bond motifs is 1. The minimum absolute atomic E-state index is 0.00185. The Morgan fingerprint density at radius 1 is 1.10 bits per heavy atom. The van der Waals surface area contributed by atoms with Crippen LogP contribution in [0.2, 0.25) is 0 Å². The number of aryl methyl sites for hydroxylation is 1. The first-order valence-electron chi connectivity index (χ1n) is 11.7. The van der Waals surface area contributed by atoms with E-state index >= 15 is 0 Å². The molecule has 3 aromatic rings. The van der Waals surface area contributed by atoms with Crippen molar-refractivity contribution in [1.82, 2.24) is 10.2 Å². The molecule has 0 aliphatic carbocycles. The van der Waals surface area contributed by atoms with Crippen molar-refractivity contribution >= 4 is 15.7 Å². The Hall–Kier alpha value is -3.14. The van der Waals surface area contributed by atoms with Gasteiger partial charge in [0.2, 0.25) is 17.4 Å². The second kappa shape index (κ2) is 10.8. The highest BCUT2D eigenvalue weighted by molar-refractivity contribution is 7.92. The van der Waals surface area contributed by atoms with E-state index in [1.165, 1.54) is 0 Å². The van der Waals surface area contributed by atoms with Crippen LogP contribution < -0.4 is 4.31 Å². The first-order chi connectivity index (χ1) is 18.3. The Morgan fingerprint density at radius 2 is 1.77 bits per heavy atom. The molecule has 212 valence electrons. The number of aliphatic hydroxyl groups excluding tert-OH is 2. The van der Waals surface area contributed by atoms with E-state index in [-0.39, 0.29) is 53.6 Å². The van der Waals surface area contributed by atoms with Gasteiger partial charge in [-0.05, 0) is 54.3 Å². The lowest BCUT2D eigenvalue weighted by molar-refractivity contribution is -0.271. The molecule has 0 amide bonds. The molecule has 1 aliphatic rings. The second-order valence-electron chi connectivity index (χ2n) is 9.12. The van der Waals surface area contributed by atoms with Crippen molar-refractivity contribution in [2.45, 2.75) is 54.5 Å². The molecule has 4 rings (SSSR count). The molecule has 1 aromatic heterocycles. The molecular weight excluding hydrogens is 553 g/mol. The average molecular weight is 578 g/mol. The van der Waals surface area contributed by atoms with E-state index in [1.807, 2.05) is 0 Å². The molecule has 3 atom stereocenters. The topological polar surface area (TPSA) is 137 Å². The second-order valence-corrected chi connectivity index (χ2v) is 10.9. The summed E-state index contributed by atoms with van der Waals surface area (Å²) in [5.41, 5.74) is -4.46. The predicted octanol–water partition coefficient (Wildman–Crippen LogP) is 2.58. The summed E-state index contributed by atoms with van der Waals surface area (Å²) in [4.78, 5) is -0.293. The van der Waals surface area contributed by atoms with Gasteiger partial charge >= 0.3 is 6.18 Å². The molecule has 15 heteroatoms. The quantitative estimate of drug-likeness (QED) is 0.330. The zero-order valence-electron chi connectivity index (χ0n) is 20.1. The van der Waals surface area contributed by atoms with E-state index in [2.05, 4.69) is 10.2 Å². The lowest BCUT2D eigenvalue weighted by atomic mass is 9.88. The van der Waals surface area contributed by atoms with Crippen molar-refractivity contribution in [3.8, 4) is 0 Å². The lowest BCUT2D eigenvalue weighted by Gasteiger charge is -2.38. The average Bonchev–Trinajstić information content (AvgIpc) is 3.33. The van der Waals surface area contributed by atoms with Gasteiger partial charge in [0.05, 0.1) is 35.8 Å². The van der Waals surface area contributed by atoms with Crippen LogP contribution in [0.25, 0.3) is 0 Å². The number of sulfonamides is 1. The first kappa shape index (κ1) is 28.9. The van der Waals surface area contributed by atoms with Gasteiger partial charge in [-0.1, -0.05) is 12.1 Å². The highest BCUT2D eigenvalue weighted by Gasteiger charge is 2.55. The zero-order chi connectivity index (χ0) is 28.6. The fraction of sp³-hybridized carbons (Fsp3) is 0.417. The summed E-state index contributed by atoms with van der Waals surface area (Å²) in [6.45, 7) is -2.69. The van der Waals surface area contributed by atoms with Crippen LogP contribution in [0, 0.1) is 5.82 Å². The van der Waals surface area contributed by atoms with Gasteiger partial charge in [0.25, 0.3) is 10.0 Å². The van der Waals surface area contributed by atoms with Crippen molar-refractivity contribution in [1.29, 1.82) is 0 Å². The highest BCUT2D eigenvalue weighted by atomic mass is 32.2. The van der Waals surface area contributed by atoms with Crippen LogP contribution in [0.1, 0.15) is 29.3 Å². The molecule has 0 saturated carbocycles. The Labute approximate surface area is 219 Å². The largest absolute Gasteiger partial charge is 0.425 e. The maximum Gasteiger partial charge on any atom is 0.424 e. The molecule has 0 radical (unpaired) electrons. The molecular formula is C24H24F5N3O6S. The van der Waals surface area contributed by atoms with Gasteiger partial charge in [0, 0.05) is 6.42 Å². The molecule has 3 N–H and O–H groups in total. The van der Waals surface area contributed by atoms with Gasteiger partial charge in [-0.3, -0.25) is 4.31 Å². The third kappa shape index (κ3) is 5.62. The van der Waals surface area contributed by atoms with Crippen molar-refractivity contribution in [2.75, 3.05) is 17.6 Å². The number of rotatable bonds is 9. The SMILES string of the molecule is O=S(=O)(c1ccc(F)cc1)N1c2ccc(C(O)(CF)C(F)(F)F)cc2CC[C@H]1Cc1nnc(CC(O)CO)o1. The predicted molar refractivity (Wildman–Crippen MR) is 125 cm³/mol. The number of hydrogen-bond donors (Lipinski definition) is 3. The van der Waals surface area contributed by atoms with E-state index < -0.39 is 58.6 Å². The van der Waals surface area contributed by atoms with Gasteiger partial charge in [-0.2, -0.15) is 13.2 Å². The van der Waals surface area contributed by atoms with Crippen LogP contribution in [0.15, 0.2) is 51.8 Å². The number of aliphatic hydroxyl groups is 3. The number of alkyl halides is 4. The molecule has 2 aromatic carbocycles. The summed E-state index contributed by atoms with van der Waals surface area (Å²) in [5, 5.41) is 36.3. The molecule has 2 unspecified atom stereocenters. The molecule has 0 saturated heterocycles. The summed E-state index contributed by atoms with van der Waals surface area (Å²) in [6.07, 6.45) is -6.62. The van der Waals surface area contributed by atoms with Crippen molar-refractivity contribution in [2.24, 2.45) is 0 Å². The van der Waals surface area contributed by atoms with Crippen LogP contribution in [0.5, 0.6) is 0 Å². The fourth-order valence-electron chi connectivity index (χ4n) is 4.36. The van der Waals surface area contributed by atoms with Crippen LogP contribution in [-0.4, -0.2) is 65.5 Å². The molecule has 2 heterocycles. The maximum absolute atomic E-state index is 13.7. The summed E-state index contributed by atoms with van der Waals surface area (Å²) >= 11 is 0. The number of halogens is 5. The van der Waals surface area contributed by atoms with E-state index in [0.29, 0.717) is 0 Å². The van der Waals surface area contributed by atoms with Gasteiger partial charge in [-0.25, -0.2) is 17.2 Å². The Morgan fingerprint density at radius 3 is 2.38 bits per heavy atom. The summed E-state index contributed by atoms with van der Waals surface area (Å²) < 4.78 is 101. The molecule has 1 aliphatic heterocycles. The van der Waals surface area contributed by atoms with Crippen LogP contribution in [0.4, 0.5) is 27.6 Å². The first-order valence-corrected chi connectivity index (χ1v) is 13.1. The molecule has 0 spiro atoms. The summed E-state index contributed by atoms with van der Waals surface area (Å²) in [7, 11) is -4.41. The highest BCUT2D eigenvalue weighted by Crippen LogP contribution is 2.43. The normalized spacial score (nSPS) is 18.5. The Kier molecular flexibility index (Phi) is 7.98. The maximum atomic E-state index is 13.7. The molecule has 0 bridgehead atoms. The van der Waals surface area contributed by atoms with Crippen LogP contribution in [0.3, 0.4) is 0 Å². The standard InChI is InChI=1S/C24H24F5N3O6S/c25-13-23(35,24(27,28)29)15-2-8-20-14(9-15)1-5-17(10-21-30-31-22(38-21)11-18(34)12-33)32(20)39(36,37)19-6-3-16(26)4-7-19/h2-4,6-9,17-18,33-35H,1,5,10-13H2/t17-,18?,23?/m0/s1. The van der Waals surface area contributed by atoms with E-state index in [1.54, 1.807) is 0 Å². The molecule has 9 nitrogen and oxygen atoms in total. The summed E-state index contributed by atoms with van der Waals surface area (Å²) in [5.74, 6) is -0.684. The van der Waals surface area contributed by atoms with Gasteiger partial charge < -0.3 is 19.7 Å². The number of benzene rings is 2. The van der Waals surface area contributed by atoms with E-state index in [9.17, 15) is 40.6 Å². The molecule has 0 fully saturated rings. The minimum Gasteiger partial charge on any atom is -0.425 e. The monoisotopic (exact) mass is 577 g/mol. The third-order valence-electron chi connectivity index (χ3n) is 6.45. The van der Waals surface area contributed by atoms with Gasteiger partial charge in [0.1, 0.15) is 12.5 Å². The Bertz CT molecular complexity index is 1420. The van der Waals surface area contributed by atoms with Crippen LogP contribution in [-0.2, 0) is 34.9 Å². The van der Waals surface area contributed by atoms with Crippen molar-refractivity contribution in [3.05, 3.63) is 71.2 Å². The zero-order valence-corrected chi connectivity index (χ0v) is 21.0. The smallest absolute Gasteiger partial charge is 0.424 e. The number of aromatic nitrogens is 2. The van der Waals surface area contributed by atoms with Crippen molar-refractivity contribution < 1.29 is 50.1 Å². The van der Waals surface area contributed by atoms with E-state index in [4.69, 9.17) is 9.52 Å². The van der Waals surface area contributed by atoms with Gasteiger partial charge in [-0.15, -0.1) is 10.2 Å². The Balaban J connectivity index is 1.76. The van der Waals surface area contributed by atoms with E-state index in [0.717, 1.165) is 46.8 Å². The number of nitrogens with zero attached hydrogens (tertiary/aromatic N) is 3. The van der Waals surface area contributed by atoms with Crippen molar-refractivity contribution in [3.63, 3.8) is 0 Å². The fourth-order valence-corrected chi connectivity index (χ4v) is 6.08. The summed E-state index contributed by atoms with van der Waals surface area (Å²) in [6, 6.07) is 5.87. The van der Waals surface area contributed by atoms with Gasteiger partial charge in [0.15, 0.2) is 0 Å². The van der Waals surface area contributed by atoms with Crippen LogP contribution >= 0.6 is 0 Å². The molecule has 39 heavy (non-hydrogen) atoms. The third-order valence-corrected chi connectivity index (χ3v) is 8.33. The lowest BCUT2D eigenvalue weighted by Crippen LogP contribution is -2.46. The number of anilines is 1. The minimum atomic E-state index is -5.33.